The number of carbonyl (C=O) groups excluding carboxylic acids is 1. The van der Waals surface area contributed by atoms with Gasteiger partial charge in [-0.15, -0.1) is 0 Å². The van der Waals surface area contributed by atoms with Gasteiger partial charge in [0.1, 0.15) is 5.75 Å². The van der Waals surface area contributed by atoms with Crippen LogP contribution in [0, 0.1) is 0 Å². The molecule has 148 valence electrons. The van der Waals surface area contributed by atoms with Crippen molar-refractivity contribution < 1.29 is 9.53 Å². The van der Waals surface area contributed by atoms with Crippen LogP contribution in [-0.2, 0) is 13.1 Å². The van der Waals surface area contributed by atoms with Gasteiger partial charge in [-0.1, -0.05) is 30.3 Å². The maximum atomic E-state index is 12.1. The maximum absolute atomic E-state index is 12.1. The number of rotatable bonds is 7. The van der Waals surface area contributed by atoms with Crippen LogP contribution in [-0.4, -0.2) is 29.2 Å². The lowest BCUT2D eigenvalue weighted by molar-refractivity contribution is 0.240. The molecular weight excluding hydrogens is 364 g/mol. The zero-order valence-electron chi connectivity index (χ0n) is 16.4. The topological polar surface area (TPSA) is 68.2 Å². The molecule has 0 fully saturated rings. The molecule has 0 spiro atoms. The lowest BCUT2D eigenvalue weighted by Gasteiger charge is -2.09. The number of imidazole rings is 1. The highest BCUT2D eigenvalue weighted by Crippen LogP contribution is 2.21. The first-order chi connectivity index (χ1) is 14.2. The monoisotopic (exact) mass is 388 g/mol. The molecular formula is C23H24N4O2. The largest absolute Gasteiger partial charge is 0.497 e. The number of ether oxygens (including phenoxy) is 1. The van der Waals surface area contributed by atoms with E-state index in [9.17, 15) is 4.79 Å². The van der Waals surface area contributed by atoms with Gasteiger partial charge in [0.2, 0.25) is 0 Å². The van der Waals surface area contributed by atoms with Crippen molar-refractivity contribution in [2.75, 3.05) is 13.7 Å². The number of para-hydroxylation sites is 2. The van der Waals surface area contributed by atoms with Gasteiger partial charge in [-0.25, -0.2) is 9.78 Å². The Balaban J connectivity index is 1.23. The number of aromatic nitrogens is 2. The van der Waals surface area contributed by atoms with Gasteiger partial charge in [-0.05, 0) is 53.1 Å². The number of urea groups is 1. The fourth-order valence-electron chi connectivity index (χ4n) is 3.39. The van der Waals surface area contributed by atoms with Gasteiger partial charge in [0, 0.05) is 19.6 Å². The van der Waals surface area contributed by atoms with Gasteiger partial charge in [-0.2, -0.15) is 0 Å². The Labute approximate surface area is 169 Å². The first-order valence-corrected chi connectivity index (χ1v) is 9.71. The minimum atomic E-state index is -0.157. The zero-order valence-corrected chi connectivity index (χ0v) is 16.4. The molecule has 0 unspecified atom stereocenters. The van der Waals surface area contributed by atoms with Gasteiger partial charge >= 0.3 is 6.03 Å². The van der Waals surface area contributed by atoms with Crippen LogP contribution < -0.4 is 15.4 Å². The lowest BCUT2D eigenvalue weighted by atomic mass is 10.1. The molecule has 2 N–H and O–H groups in total. The molecule has 3 aromatic carbocycles. The van der Waals surface area contributed by atoms with Crippen molar-refractivity contribution >= 4 is 27.8 Å². The molecule has 0 radical (unpaired) electrons. The fourth-order valence-corrected chi connectivity index (χ4v) is 3.39. The molecule has 0 saturated carbocycles. The molecule has 0 saturated heterocycles. The predicted octanol–water partition coefficient (Wildman–Crippen LogP) is 4.09. The lowest BCUT2D eigenvalue weighted by Crippen LogP contribution is -2.35. The van der Waals surface area contributed by atoms with E-state index < -0.39 is 0 Å². The summed E-state index contributed by atoms with van der Waals surface area (Å²) in [5.41, 5.74) is 3.17. The van der Waals surface area contributed by atoms with Crippen molar-refractivity contribution in [2.45, 2.75) is 19.5 Å². The highest BCUT2D eigenvalue weighted by atomic mass is 16.5. The van der Waals surface area contributed by atoms with Crippen molar-refractivity contribution in [1.82, 2.24) is 20.2 Å². The summed E-state index contributed by atoms with van der Waals surface area (Å²) in [4.78, 5) is 16.5. The van der Waals surface area contributed by atoms with E-state index in [4.69, 9.17) is 4.74 Å². The highest BCUT2D eigenvalue weighted by molar-refractivity contribution is 5.84. The Hall–Kier alpha value is -3.54. The number of fused-ring (bicyclic) bond motifs is 2. The highest BCUT2D eigenvalue weighted by Gasteiger charge is 2.04. The number of aryl methyl sites for hydroxylation is 1. The van der Waals surface area contributed by atoms with Crippen LogP contribution >= 0.6 is 0 Å². The summed E-state index contributed by atoms with van der Waals surface area (Å²) in [6.07, 6.45) is 2.69. The number of amides is 2. The fraction of sp³-hybridized carbons (Fsp3) is 0.217. The standard InChI is InChI=1S/C23H24N4O2/c1-29-20-10-9-18-13-17(7-8-19(18)14-20)15-25-23(28)24-11-4-12-27-16-26-21-5-2-3-6-22(21)27/h2-3,5-10,13-14,16H,4,11-12,15H2,1H3,(H2,24,25,28). The molecule has 4 aromatic rings. The second-order valence-electron chi connectivity index (χ2n) is 6.94. The van der Waals surface area contributed by atoms with Gasteiger partial charge in [0.05, 0.1) is 24.5 Å². The smallest absolute Gasteiger partial charge is 0.315 e. The summed E-state index contributed by atoms with van der Waals surface area (Å²) >= 11 is 0. The number of hydrogen-bond acceptors (Lipinski definition) is 3. The van der Waals surface area contributed by atoms with E-state index in [2.05, 4.69) is 32.3 Å². The minimum absolute atomic E-state index is 0.157. The third kappa shape index (κ3) is 4.48. The Morgan fingerprint density at radius 3 is 2.76 bits per heavy atom. The molecule has 1 heterocycles. The number of methoxy groups -OCH3 is 1. The van der Waals surface area contributed by atoms with E-state index in [1.807, 2.05) is 54.9 Å². The Bertz CT molecular complexity index is 1140. The molecule has 0 aliphatic heterocycles. The van der Waals surface area contributed by atoms with Crippen molar-refractivity contribution in [1.29, 1.82) is 0 Å². The minimum Gasteiger partial charge on any atom is -0.497 e. The Morgan fingerprint density at radius 1 is 1.03 bits per heavy atom. The summed E-state index contributed by atoms with van der Waals surface area (Å²) in [5, 5.41) is 8.07. The van der Waals surface area contributed by atoms with E-state index in [0.29, 0.717) is 13.1 Å². The van der Waals surface area contributed by atoms with Gasteiger partial charge in [0.25, 0.3) is 0 Å². The summed E-state index contributed by atoms with van der Waals surface area (Å²) in [5.74, 6) is 0.839. The quantitative estimate of drug-likeness (QED) is 0.469. The zero-order chi connectivity index (χ0) is 20.1. The molecule has 0 atom stereocenters. The van der Waals surface area contributed by atoms with Crippen LogP contribution in [0.1, 0.15) is 12.0 Å². The van der Waals surface area contributed by atoms with E-state index in [0.717, 1.165) is 46.1 Å². The van der Waals surface area contributed by atoms with Crippen LogP contribution in [0.3, 0.4) is 0 Å². The number of carbonyl (C=O) groups is 1. The molecule has 2 amide bonds. The maximum Gasteiger partial charge on any atom is 0.315 e. The SMILES string of the molecule is COc1ccc2cc(CNC(=O)NCCCn3cnc4ccccc43)ccc2c1. The molecule has 0 aliphatic carbocycles. The first kappa shape index (κ1) is 18.8. The summed E-state index contributed by atoms with van der Waals surface area (Å²) in [7, 11) is 1.66. The number of nitrogens with zero attached hydrogens (tertiary/aromatic N) is 2. The molecule has 6 heteroatoms. The normalized spacial score (nSPS) is 10.9. The van der Waals surface area contributed by atoms with Crippen LogP contribution in [0.4, 0.5) is 4.79 Å². The van der Waals surface area contributed by atoms with E-state index in [1.54, 1.807) is 7.11 Å². The second kappa shape index (κ2) is 8.65. The summed E-state index contributed by atoms with van der Waals surface area (Å²) in [6, 6.07) is 20.0. The van der Waals surface area contributed by atoms with Crippen molar-refractivity contribution in [3.63, 3.8) is 0 Å². The molecule has 1 aromatic heterocycles. The molecule has 29 heavy (non-hydrogen) atoms. The van der Waals surface area contributed by atoms with Crippen molar-refractivity contribution in [3.05, 3.63) is 72.6 Å². The van der Waals surface area contributed by atoms with Crippen molar-refractivity contribution in [3.8, 4) is 5.75 Å². The first-order valence-electron chi connectivity index (χ1n) is 9.71. The van der Waals surface area contributed by atoms with Gasteiger partial charge < -0.3 is 19.9 Å². The van der Waals surface area contributed by atoms with Crippen LogP contribution in [0.25, 0.3) is 21.8 Å². The van der Waals surface area contributed by atoms with Crippen molar-refractivity contribution in [2.24, 2.45) is 0 Å². The third-order valence-electron chi connectivity index (χ3n) is 4.95. The Kier molecular flexibility index (Phi) is 5.61. The average molecular weight is 388 g/mol. The van der Waals surface area contributed by atoms with Crippen LogP contribution in [0.15, 0.2) is 67.0 Å². The second-order valence-corrected chi connectivity index (χ2v) is 6.94. The summed E-state index contributed by atoms with van der Waals surface area (Å²) < 4.78 is 7.36. The van der Waals surface area contributed by atoms with E-state index in [-0.39, 0.29) is 6.03 Å². The predicted molar refractivity (Wildman–Crippen MR) is 115 cm³/mol. The number of hydrogen-bond donors (Lipinski definition) is 2. The van der Waals surface area contributed by atoms with E-state index in [1.165, 1.54) is 0 Å². The van der Waals surface area contributed by atoms with Gasteiger partial charge in [0.15, 0.2) is 0 Å². The number of nitrogens with one attached hydrogen (secondary N) is 2. The molecule has 0 bridgehead atoms. The van der Waals surface area contributed by atoms with Gasteiger partial charge in [-0.3, -0.25) is 0 Å². The average Bonchev–Trinajstić information content (AvgIpc) is 3.18. The van der Waals surface area contributed by atoms with Crippen LogP contribution in [0.2, 0.25) is 0 Å². The summed E-state index contributed by atoms with van der Waals surface area (Å²) in [6.45, 7) is 1.91. The number of benzene rings is 3. The molecule has 0 aliphatic rings. The third-order valence-corrected chi connectivity index (χ3v) is 4.95. The molecule has 4 rings (SSSR count). The Morgan fingerprint density at radius 2 is 1.86 bits per heavy atom. The van der Waals surface area contributed by atoms with E-state index >= 15 is 0 Å². The van der Waals surface area contributed by atoms with Crippen LogP contribution in [0.5, 0.6) is 5.75 Å². The molecule has 6 nitrogen and oxygen atoms in total.